The number of aryl methyl sites for hydroxylation is 2. The van der Waals surface area contributed by atoms with Crippen molar-refractivity contribution >= 4 is 22.3 Å². The van der Waals surface area contributed by atoms with E-state index < -0.39 is 0 Å². The van der Waals surface area contributed by atoms with E-state index in [1.54, 1.807) is 23.7 Å². The summed E-state index contributed by atoms with van der Waals surface area (Å²) in [7, 11) is 0. The number of hydrogen-bond acceptors (Lipinski definition) is 7. The van der Waals surface area contributed by atoms with Crippen LogP contribution < -0.4 is 10.2 Å². The molecule has 3 aromatic rings. The van der Waals surface area contributed by atoms with E-state index in [9.17, 15) is 0 Å². The number of nitrogens with one attached hydrogen (secondary N) is 1. The Kier molecular flexibility index (Phi) is 4.79. The number of thiazole rings is 1. The molecule has 0 saturated carbocycles. The van der Waals surface area contributed by atoms with Gasteiger partial charge < -0.3 is 10.2 Å². The van der Waals surface area contributed by atoms with Crippen LogP contribution in [0, 0.1) is 13.8 Å². The van der Waals surface area contributed by atoms with Gasteiger partial charge in [-0.3, -0.25) is 4.98 Å². The minimum atomic E-state index is 0.472. The Morgan fingerprint density at radius 1 is 1.04 bits per heavy atom. The summed E-state index contributed by atoms with van der Waals surface area (Å²) >= 11 is 1.68. The summed E-state index contributed by atoms with van der Waals surface area (Å²) in [6, 6.07) is 6.44. The molecule has 4 heterocycles. The molecule has 26 heavy (non-hydrogen) atoms. The Hall–Kier alpha value is -2.54. The van der Waals surface area contributed by atoms with Crippen molar-refractivity contribution in [2.45, 2.75) is 32.7 Å². The lowest BCUT2D eigenvalue weighted by molar-refractivity contribution is 0.523. The van der Waals surface area contributed by atoms with Gasteiger partial charge in [0.2, 0.25) is 0 Å². The first kappa shape index (κ1) is 16.9. The van der Waals surface area contributed by atoms with Crippen molar-refractivity contribution in [1.82, 2.24) is 19.9 Å². The Bertz CT molecular complexity index is 871. The first-order chi connectivity index (χ1) is 12.7. The Balaban J connectivity index is 1.45. The molecule has 0 radical (unpaired) electrons. The zero-order valence-electron chi connectivity index (χ0n) is 15.0. The highest BCUT2D eigenvalue weighted by Crippen LogP contribution is 2.24. The minimum Gasteiger partial charge on any atom is -0.359 e. The van der Waals surface area contributed by atoms with Crippen molar-refractivity contribution in [2.24, 2.45) is 0 Å². The fourth-order valence-electron chi connectivity index (χ4n) is 3.19. The second kappa shape index (κ2) is 7.37. The largest absolute Gasteiger partial charge is 0.359 e. The summed E-state index contributed by atoms with van der Waals surface area (Å²) in [4.78, 5) is 20.3. The predicted octanol–water partition coefficient (Wildman–Crippen LogP) is 3.69. The van der Waals surface area contributed by atoms with E-state index in [0.717, 1.165) is 59.7 Å². The molecule has 1 aliphatic rings. The number of anilines is 2. The molecule has 0 aromatic carbocycles. The normalized spacial score (nSPS) is 15.2. The summed E-state index contributed by atoms with van der Waals surface area (Å²) in [6.07, 6.45) is 5.70. The molecule has 4 rings (SSSR count). The van der Waals surface area contributed by atoms with Gasteiger partial charge in [-0.15, -0.1) is 11.3 Å². The van der Waals surface area contributed by atoms with Gasteiger partial charge in [-0.05, 0) is 38.8 Å². The molecule has 0 aliphatic carbocycles. The summed E-state index contributed by atoms with van der Waals surface area (Å²) in [5.41, 5.74) is 3.07. The number of nitrogens with zero attached hydrogens (tertiary/aromatic N) is 5. The average Bonchev–Trinajstić information content (AvgIpc) is 3.07. The van der Waals surface area contributed by atoms with E-state index >= 15 is 0 Å². The summed E-state index contributed by atoms with van der Waals surface area (Å²) in [6.45, 7) is 6.01. The van der Waals surface area contributed by atoms with Crippen LogP contribution in [-0.4, -0.2) is 39.1 Å². The molecule has 3 aromatic heterocycles. The first-order valence-electron chi connectivity index (χ1n) is 8.87. The lowest BCUT2D eigenvalue weighted by atomic mass is 10.1. The lowest BCUT2D eigenvalue weighted by Gasteiger charge is -2.33. The highest BCUT2D eigenvalue weighted by molar-refractivity contribution is 7.13. The van der Waals surface area contributed by atoms with E-state index in [-0.39, 0.29) is 0 Å². The molecule has 0 atom stereocenters. The van der Waals surface area contributed by atoms with Gasteiger partial charge in [0.1, 0.15) is 5.82 Å². The first-order valence-corrected chi connectivity index (χ1v) is 9.75. The maximum atomic E-state index is 4.80. The highest BCUT2D eigenvalue weighted by atomic mass is 32.1. The minimum absolute atomic E-state index is 0.472. The lowest BCUT2D eigenvalue weighted by Crippen LogP contribution is -2.39. The van der Waals surface area contributed by atoms with Gasteiger partial charge in [-0.1, -0.05) is 0 Å². The topological polar surface area (TPSA) is 66.8 Å². The zero-order chi connectivity index (χ0) is 17.9. The van der Waals surface area contributed by atoms with Crippen LogP contribution in [0.3, 0.4) is 0 Å². The van der Waals surface area contributed by atoms with Crippen molar-refractivity contribution < 1.29 is 0 Å². The van der Waals surface area contributed by atoms with Gasteiger partial charge in [0.15, 0.2) is 11.0 Å². The van der Waals surface area contributed by atoms with Crippen molar-refractivity contribution in [3.63, 3.8) is 0 Å². The van der Waals surface area contributed by atoms with Crippen LogP contribution in [-0.2, 0) is 0 Å². The van der Waals surface area contributed by atoms with Gasteiger partial charge in [-0.25, -0.2) is 15.0 Å². The molecular formula is C19H22N6S. The van der Waals surface area contributed by atoms with E-state index in [4.69, 9.17) is 4.98 Å². The third kappa shape index (κ3) is 3.83. The van der Waals surface area contributed by atoms with Crippen LogP contribution in [0.25, 0.3) is 11.4 Å². The van der Waals surface area contributed by atoms with E-state index in [1.165, 1.54) is 0 Å². The van der Waals surface area contributed by atoms with Gasteiger partial charge in [-0.2, -0.15) is 0 Å². The second-order valence-electron chi connectivity index (χ2n) is 6.63. The molecule has 0 unspecified atom stereocenters. The average molecular weight is 366 g/mol. The van der Waals surface area contributed by atoms with Crippen LogP contribution >= 0.6 is 11.3 Å². The van der Waals surface area contributed by atoms with E-state index in [0.29, 0.717) is 6.04 Å². The van der Waals surface area contributed by atoms with Gasteiger partial charge in [0.25, 0.3) is 0 Å². The van der Waals surface area contributed by atoms with E-state index in [1.807, 2.05) is 26.0 Å². The molecule has 1 N–H and O–H groups in total. The van der Waals surface area contributed by atoms with Crippen molar-refractivity contribution in [3.8, 4) is 11.4 Å². The predicted molar refractivity (Wildman–Crippen MR) is 106 cm³/mol. The molecule has 134 valence electrons. The van der Waals surface area contributed by atoms with Crippen LogP contribution in [0.2, 0.25) is 0 Å². The van der Waals surface area contributed by atoms with Gasteiger partial charge >= 0.3 is 0 Å². The molecule has 7 heteroatoms. The molecular weight excluding hydrogens is 344 g/mol. The van der Waals surface area contributed by atoms with Crippen LogP contribution in [0.4, 0.5) is 10.9 Å². The summed E-state index contributed by atoms with van der Waals surface area (Å²) < 4.78 is 0. The Labute approximate surface area is 157 Å². The monoisotopic (exact) mass is 366 g/mol. The summed E-state index contributed by atoms with van der Waals surface area (Å²) in [5, 5.41) is 6.68. The number of aromatic nitrogens is 4. The third-order valence-electron chi connectivity index (χ3n) is 4.54. The van der Waals surface area contributed by atoms with Crippen molar-refractivity contribution in [1.29, 1.82) is 0 Å². The smallest absolute Gasteiger partial charge is 0.183 e. The second-order valence-corrected chi connectivity index (χ2v) is 7.48. The molecule has 6 nitrogen and oxygen atoms in total. The maximum Gasteiger partial charge on any atom is 0.183 e. The molecule has 1 saturated heterocycles. The molecule has 1 aliphatic heterocycles. The maximum absolute atomic E-state index is 4.80. The van der Waals surface area contributed by atoms with Gasteiger partial charge in [0, 0.05) is 54.2 Å². The Morgan fingerprint density at radius 3 is 2.50 bits per heavy atom. The van der Waals surface area contributed by atoms with Crippen molar-refractivity contribution in [2.75, 3.05) is 23.3 Å². The molecule has 0 amide bonds. The number of pyridine rings is 1. The van der Waals surface area contributed by atoms with Crippen LogP contribution in [0.5, 0.6) is 0 Å². The number of hydrogen-bond donors (Lipinski definition) is 1. The molecule has 0 bridgehead atoms. The SMILES string of the molecule is Cc1cc(N2CCC(Nc3nc(C)cs3)CC2)nc(-c2ccncc2)n1. The Morgan fingerprint density at radius 2 is 1.81 bits per heavy atom. The van der Waals surface area contributed by atoms with Gasteiger partial charge in [0.05, 0.1) is 5.69 Å². The number of rotatable bonds is 4. The highest BCUT2D eigenvalue weighted by Gasteiger charge is 2.21. The van der Waals surface area contributed by atoms with E-state index in [2.05, 4.69) is 36.6 Å². The summed E-state index contributed by atoms with van der Waals surface area (Å²) in [5.74, 6) is 1.77. The molecule has 0 spiro atoms. The quantitative estimate of drug-likeness (QED) is 0.759. The third-order valence-corrected chi connectivity index (χ3v) is 5.44. The van der Waals surface area contributed by atoms with Crippen molar-refractivity contribution in [3.05, 3.63) is 47.4 Å². The zero-order valence-corrected chi connectivity index (χ0v) is 15.8. The molecule has 1 fully saturated rings. The number of piperidine rings is 1. The fourth-order valence-corrected chi connectivity index (χ4v) is 3.96. The standard InChI is InChI=1S/C19H22N6S/c1-13-11-17(24-18(21-13)15-3-7-20-8-4-15)25-9-5-16(6-10-25)23-19-22-14(2)12-26-19/h3-4,7-8,11-12,16H,5-6,9-10H2,1-2H3,(H,22,23). The van der Waals surface area contributed by atoms with Crippen LogP contribution in [0.15, 0.2) is 36.0 Å². The fraction of sp³-hybridized carbons (Fsp3) is 0.368. The van der Waals surface area contributed by atoms with Crippen LogP contribution in [0.1, 0.15) is 24.2 Å².